The summed E-state index contributed by atoms with van der Waals surface area (Å²) in [5.41, 5.74) is 8.23. The van der Waals surface area contributed by atoms with Crippen LogP contribution in [0.2, 0.25) is 0 Å². The SMILES string of the molecule is CC(C)CC(CN)CC(=O)NC1CCCc2c1cnn2C. The van der Waals surface area contributed by atoms with Gasteiger partial charge in [0.25, 0.3) is 0 Å². The maximum absolute atomic E-state index is 12.3. The van der Waals surface area contributed by atoms with E-state index in [-0.39, 0.29) is 17.9 Å². The van der Waals surface area contributed by atoms with E-state index in [1.165, 1.54) is 11.3 Å². The maximum Gasteiger partial charge on any atom is 0.220 e. The molecule has 1 aliphatic carbocycles. The second kappa shape index (κ2) is 7.07. The summed E-state index contributed by atoms with van der Waals surface area (Å²) < 4.78 is 1.93. The first-order valence-corrected chi connectivity index (χ1v) is 8.01. The molecule has 2 atom stereocenters. The Labute approximate surface area is 127 Å². The number of nitrogens with two attached hydrogens (primary N) is 1. The topological polar surface area (TPSA) is 72.9 Å². The van der Waals surface area contributed by atoms with Crippen molar-refractivity contribution in [3.8, 4) is 0 Å². The van der Waals surface area contributed by atoms with E-state index in [2.05, 4.69) is 24.3 Å². The number of carbonyl (C=O) groups is 1. The van der Waals surface area contributed by atoms with Crippen LogP contribution in [0.1, 0.15) is 56.8 Å². The number of aryl methyl sites for hydroxylation is 1. The van der Waals surface area contributed by atoms with Gasteiger partial charge in [-0.2, -0.15) is 5.10 Å². The van der Waals surface area contributed by atoms with Crippen LogP contribution in [0, 0.1) is 11.8 Å². The predicted octanol–water partition coefficient (Wildman–Crippen LogP) is 1.92. The zero-order valence-corrected chi connectivity index (χ0v) is 13.4. The van der Waals surface area contributed by atoms with E-state index in [0.29, 0.717) is 18.9 Å². The molecule has 1 aliphatic rings. The van der Waals surface area contributed by atoms with Crippen molar-refractivity contribution in [3.05, 3.63) is 17.5 Å². The van der Waals surface area contributed by atoms with Gasteiger partial charge in [0.05, 0.1) is 12.2 Å². The summed E-state index contributed by atoms with van der Waals surface area (Å²) >= 11 is 0. The first-order chi connectivity index (χ1) is 10.0. The molecule has 2 unspecified atom stereocenters. The smallest absolute Gasteiger partial charge is 0.220 e. The third-order valence-electron chi connectivity index (χ3n) is 4.32. The Bertz CT molecular complexity index is 481. The molecule has 1 aromatic heterocycles. The minimum absolute atomic E-state index is 0.118. The molecule has 0 saturated carbocycles. The van der Waals surface area contributed by atoms with Crippen LogP contribution in [-0.4, -0.2) is 22.2 Å². The Hall–Kier alpha value is -1.36. The number of fused-ring (bicyclic) bond motifs is 1. The van der Waals surface area contributed by atoms with Crippen molar-refractivity contribution in [2.45, 2.75) is 52.0 Å². The van der Waals surface area contributed by atoms with E-state index in [4.69, 9.17) is 5.73 Å². The van der Waals surface area contributed by atoms with E-state index < -0.39 is 0 Å². The molecule has 0 aliphatic heterocycles. The number of amides is 1. The van der Waals surface area contributed by atoms with Crippen LogP contribution in [0.15, 0.2) is 6.20 Å². The lowest BCUT2D eigenvalue weighted by atomic mass is 9.91. The summed E-state index contributed by atoms with van der Waals surface area (Å²) in [5.74, 6) is 0.973. The van der Waals surface area contributed by atoms with Crippen molar-refractivity contribution < 1.29 is 4.79 Å². The Morgan fingerprint density at radius 2 is 2.33 bits per heavy atom. The molecular weight excluding hydrogens is 264 g/mol. The van der Waals surface area contributed by atoms with Gasteiger partial charge in [0.2, 0.25) is 5.91 Å². The third-order valence-corrected chi connectivity index (χ3v) is 4.32. The van der Waals surface area contributed by atoms with Crippen molar-refractivity contribution in [2.75, 3.05) is 6.54 Å². The molecule has 3 N–H and O–H groups in total. The molecule has 0 bridgehead atoms. The van der Waals surface area contributed by atoms with Crippen LogP contribution < -0.4 is 11.1 Å². The predicted molar refractivity (Wildman–Crippen MR) is 83.6 cm³/mol. The fraction of sp³-hybridized carbons (Fsp3) is 0.750. The normalized spacial score (nSPS) is 19.4. The van der Waals surface area contributed by atoms with Gasteiger partial charge in [-0.3, -0.25) is 9.48 Å². The standard InChI is InChI=1S/C16H28N4O/c1-11(2)7-12(9-17)8-16(21)19-14-5-4-6-15-13(14)10-18-20(15)3/h10-12,14H,4-9,17H2,1-3H3,(H,19,21). The van der Waals surface area contributed by atoms with Crippen LogP contribution in [0.4, 0.5) is 0 Å². The minimum Gasteiger partial charge on any atom is -0.349 e. The minimum atomic E-state index is 0.118. The summed E-state index contributed by atoms with van der Waals surface area (Å²) in [4.78, 5) is 12.3. The lowest BCUT2D eigenvalue weighted by molar-refractivity contribution is -0.122. The molecule has 1 aromatic rings. The Morgan fingerprint density at radius 3 is 3.00 bits per heavy atom. The van der Waals surface area contributed by atoms with Crippen LogP contribution in [0.25, 0.3) is 0 Å². The highest BCUT2D eigenvalue weighted by atomic mass is 16.1. The summed E-state index contributed by atoms with van der Waals surface area (Å²) in [7, 11) is 1.97. The van der Waals surface area contributed by atoms with Gasteiger partial charge >= 0.3 is 0 Å². The molecule has 0 spiro atoms. The molecule has 118 valence electrons. The van der Waals surface area contributed by atoms with Crippen LogP contribution in [0.5, 0.6) is 0 Å². The molecule has 0 fully saturated rings. The molecular formula is C16H28N4O. The molecule has 2 rings (SSSR count). The summed E-state index contributed by atoms with van der Waals surface area (Å²) in [5, 5.41) is 7.50. The second-order valence-electron chi connectivity index (χ2n) is 6.62. The average Bonchev–Trinajstić information content (AvgIpc) is 2.80. The Morgan fingerprint density at radius 1 is 1.57 bits per heavy atom. The molecule has 1 amide bonds. The van der Waals surface area contributed by atoms with E-state index in [0.717, 1.165) is 25.7 Å². The zero-order valence-electron chi connectivity index (χ0n) is 13.4. The highest BCUT2D eigenvalue weighted by molar-refractivity contribution is 5.76. The summed E-state index contributed by atoms with van der Waals surface area (Å²) in [6, 6.07) is 0.118. The fourth-order valence-electron chi connectivity index (χ4n) is 3.30. The van der Waals surface area contributed by atoms with E-state index >= 15 is 0 Å². The summed E-state index contributed by atoms with van der Waals surface area (Å²) in [6.07, 6.45) is 6.59. The zero-order chi connectivity index (χ0) is 15.4. The van der Waals surface area contributed by atoms with Gasteiger partial charge in [-0.15, -0.1) is 0 Å². The number of nitrogens with zero attached hydrogens (tertiary/aromatic N) is 2. The number of hydrogen-bond donors (Lipinski definition) is 2. The first-order valence-electron chi connectivity index (χ1n) is 8.01. The quantitative estimate of drug-likeness (QED) is 0.841. The van der Waals surface area contributed by atoms with Crippen molar-refractivity contribution >= 4 is 5.91 Å². The van der Waals surface area contributed by atoms with Crippen LogP contribution in [-0.2, 0) is 18.3 Å². The first kappa shape index (κ1) is 16.0. The molecule has 5 nitrogen and oxygen atoms in total. The Kier molecular flexibility index (Phi) is 5.39. The third kappa shape index (κ3) is 4.06. The van der Waals surface area contributed by atoms with Crippen molar-refractivity contribution in [3.63, 3.8) is 0 Å². The Balaban J connectivity index is 1.94. The number of hydrogen-bond acceptors (Lipinski definition) is 3. The van der Waals surface area contributed by atoms with Crippen molar-refractivity contribution in [1.82, 2.24) is 15.1 Å². The fourth-order valence-corrected chi connectivity index (χ4v) is 3.30. The van der Waals surface area contributed by atoms with E-state index in [1.807, 2.05) is 17.9 Å². The molecule has 1 heterocycles. The molecule has 0 aromatic carbocycles. The maximum atomic E-state index is 12.3. The van der Waals surface area contributed by atoms with Gasteiger partial charge in [0.1, 0.15) is 0 Å². The second-order valence-corrected chi connectivity index (χ2v) is 6.62. The number of aromatic nitrogens is 2. The van der Waals surface area contributed by atoms with E-state index in [9.17, 15) is 4.79 Å². The van der Waals surface area contributed by atoms with Crippen LogP contribution >= 0.6 is 0 Å². The van der Waals surface area contributed by atoms with Crippen LogP contribution in [0.3, 0.4) is 0 Å². The number of rotatable bonds is 6. The highest BCUT2D eigenvalue weighted by Crippen LogP contribution is 2.29. The lowest BCUT2D eigenvalue weighted by Gasteiger charge is -2.25. The summed E-state index contributed by atoms with van der Waals surface area (Å²) in [6.45, 7) is 4.92. The average molecular weight is 292 g/mol. The largest absolute Gasteiger partial charge is 0.349 e. The van der Waals surface area contributed by atoms with Gasteiger partial charge in [0, 0.05) is 24.7 Å². The highest BCUT2D eigenvalue weighted by Gasteiger charge is 2.25. The van der Waals surface area contributed by atoms with E-state index in [1.54, 1.807) is 0 Å². The van der Waals surface area contributed by atoms with Gasteiger partial charge in [-0.25, -0.2) is 0 Å². The number of nitrogens with one attached hydrogen (secondary N) is 1. The lowest BCUT2D eigenvalue weighted by Crippen LogP contribution is -2.33. The van der Waals surface area contributed by atoms with Gasteiger partial charge in [-0.1, -0.05) is 13.8 Å². The van der Waals surface area contributed by atoms with Crippen molar-refractivity contribution in [1.29, 1.82) is 0 Å². The van der Waals surface area contributed by atoms with Gasteiger partial charge in [-0.05, 0) is 44.1 Å². The van der Waals surface area contributed by atoms with Gasteiger partial charge < -0.3 is 11.1 Å². The molecule has 5 heteroatoms. The molecule has 0 saturated heterocycles. The monoisotopic (exact) mass is 292 g/mol. The molecule has 0 radical (unpaired) electrons. The number of carbonyl (C=O) groups excluding carboxylic acids is 1. The molecule has 21 heavy (non-hydrogen) atoms. The van der Waals surface area contributed by atoms with Crippen molar-refractivity contribution in [2.24, 2.45) is 24.6 Å². The van der Waals surface area contributed by atoms with Gasteiger partial charge in [0.15, 0.2) is 0 Å².